The van der Waals surface area contributed by atoms with Gasteiger partial charge in [-0.2, -0.15) is 0 Å². The summed E-state index contributed by atoms with van der Waals surface area (Å²) in [6.45, 7) is 0.842. The smallest absolute Gasteiger partial charge is 0.217 e. The van der Waals surface area contributed by atoms with Crippen LogP contribution in [0.15, 0.2) is 0 Å². The summed E-state index contributed by atoms with van der Waals surface area (Å²) in [6, 6.07) is -0.861. The highest BCUT2D eigenvalue weighted by Gasteiger charge is 2.44. The molecule has 5 atom stereocenters. The lowest BCUT2D eigenvalue weighted by atomic mass is 9.97. The standard InChI is InChI=1S/C9H17NO6/c1-4(12)10-6-8(14)7(13)5(3-11)16-9(6)15-2/h5-9,11,13-14H,3H2,1-2H3,(H,10,12)/t5?,6?,7-,8+,9-/m1/s1. The van der Waals surface area contributed by atoms with E-state index in [1.54, 1.807) is 0 Å². The van der Waals surface area contributed by atoms with Gasteiger partial charge in [0.2, 0.25) is 5.91 Å². The van der Waals surface area contributed by atoms with Crippen molar-refractivity contribution in [3.8, 4) is 0 Å². The van der Waals surface area contributed by atoms with Crippen LogP contribution >= 0.6 is 0 Å². The number of aliphatic hydroxyl groups excluding tert-OH is 3. The quantitative estimate of drug-likeness (QED) is 0.433. The van der Waals surface area contributed by atoms with Crippen LogP contribution in [-0.4, -0.2) is 65.6 Å². The van der Waals surface area contributed by atoms with E-state index in [0.717, 1.165) is 0 Å². The zero-order valence-electron chi connectivity index (χ0n) is 9.16. The number of rotatable bonds is 3. The summed E-state index contributed by atoms with van der Waals surface area (Å²) in [5.74, 6) is -0.371. The Labute approximate surface area is 93.0 Å². The molecule has 94 valence electrons. The van der Waals surface area contributed by atoms with Crippen molar-refractivity contribution in [3.05, 3.63) is 0 Å². The van der Waals surface area contributed by atoms with Crippen LogP contribution in [0.25, 0.3) is 0 Å². The van der Waals surface area contributed by atoms with Crippen LogP contribution in [-0.2, 0) is 14.3 Å². The Morgan fingerprint density at radius 1 is 1.44 bits per heavy atom. The van der Waals surface area contributed by atoms with Crippen molar-refractivity contribution in [3.63, 3.8) is 0 Å². The lowest BCUT2D eigenvalue weighted by Crippen LogP contribution is -2.64. The van der Waals surface area contributed by atoms with Crippen LogP contribution < -0.4 is 5.32 Å². The number of carbonyl (C=O) groups excluding carboxylic acids is 1. The molecule has 0 aromatic carbocycles. The van der Waals surface area contributed by atoms with Gasteiger partial charge < -0.3 is 30.1 Å². The van der Waals surface area contributed by atoms with Gasteiger partial charge >= 0.3 is 0 Å². The third kappa shape index (κ3) is 2.69. The van der Waals surface area contributed by atoms with Gasteiger partial charge in [-0.05, 0) is 0 Å². The topological polar surface area (TPSA) is 108 Å². The average molecular weight is 235 g/mol. The largest absolute Gasteiger partial charge is 0.394 e. The molecule has 1 saturated heterocycles. The maximum atomic E-state index is 10.9. The molecule has 0 bridgehead atoms. The first-order chi connectivity index (χ1) is 7.51. The fraction of sp³-hybridized carbons (Fsp3) is 0.889. The second-order valence-corrected chi connectivity index (χ2v) is 3.67. The van der Waals surface area contributed by atoms with E-state index in [9.17, 15) is 15.0 Å². The number of hydrogen-bond acceptors (Lipinski definition) is 6. The fourth-order valence-electron chi connectivity index (χ4n) is 1.67. The highest BCUT2D eigenvalue weighted by Crippen LogP contribution is 2.21. The van der Waals surface area contributed by atoms with Crippen LogP contribution in [0, 0.1) is 0 Å². The van der Waals surface area contributed by atoms with Gasteiger partial charge in [0.1, 0.15) is 24.4 Å². The van der Waals surface area contributed by atoms with E-state index in [2.05, 4.69) is 5.32 Å². The van der Waals surface area contributed by atoms with Gasteiger partial charge in [0.15, 0.2) is 6.29 Å². The van der Waals surface area contributed by atoms with Crippen LogP contribution in [0.1, 0.15) is 6.92 Å². The highest BCUT2D eigenvalue weighted by atomic mass is 16.7. The first kappa shape index (κ1) is 13.3. The minimum Gasteiger partial charge on any atom is -0.394 e. The highest BCUT2D eigenvalue weighted by molar-refractivity contribution is 5.73. The minimum absolute atomic E-state index is 0.371. The number of hydrogen-bond donors (Lipinski definition) is 4. The van der Waals surface area contributed by atoms with Gasteiger partial charge in [-0.3, -0.25) is 4.79 Å². The van der Waals surface area contributed by atoms with Crippen LogP contribution in [0.5, 0.6) is 0 Å². The number of carbonyl (C=O) groups is 1. The molecule has 0 aliphatic carbocycles. The molecule has 7 nitrogen and oxygen atoms in total. The number of amides is 1. The van der Waals surface area contributed by atoms with Crippen molar-refractivity contribution >= 4 is 5.91 Å². The van der Waals surface area contributed by atoms with Crippen LogP contribution in [0.4, 0.5) is 0 Å². The zero-order chi connectivity index (χ0) is 12.3. The van der Waals surface area contributed by atoms with Crippen molar-refractivity contribution in [2.24, 2.45) is 0 Å². The van der Waals surface area contributed by atoms with Gasteiger partial charge in [-0.25, -0.2) is 0 Å². The van der Waals surface area contributed by atoms with Crippen LogP contribution in [0.3, 0.4) is 0 Å². The van der Waals surface area contributed by atoms with Gasteiger partial charge in [0, 0.05) is 14.0 Å². The molecule has 0 aromatic rings. The molecule has 7 heteroatoms. The van der Waals surface area contributed by atoms with E-state index >= 15 is 0 Å². The molecule has 0 spiro atoms. The molecule has 4 N–H and O–H groups in total. The Morgan fingerprint density at radius 2 is 2.06 bits per heavy atom. The molecular formula is C9H17NO6. The maximum Gasteiger partial charge on any atom is 0.217 e. The number of aliphatic hydroxyl groups is 3. The Hall–Kier alpha value is -0.730. The van der Waals surface area contributed by atoms with Crippen molar-refractivity contribution in [2.45, 2.75) is 37.6 Å². The van der Waals surface area contributed by atoms with E-state index in [1.165, 1.54) is 14.0 Å². The molecule has 1 heterocycles. The molecule has 0 aromatic heterocycles. The van der Waals surface area contributed by atoms with Crippen molar-refractivity contribution in [1.82, 2.24) is 5.32 Å². The van der Waals surface area contributed by atoms with E-state index in [1.807, 2.05) is 0 Å². The van der Waals surface area contributed by atoms with Gasteiger partial charge in [-0.15, -0.1) is 0 Å². The van der Waals surface area contributed by atoms with E-state index in [0.29, 0.717) is 0 Å². The predicted molar refractivity (Wildman–Crippen MR) is 52.4 cm³/mol. The van der Waals surface area contributed by atoms with Crippen molar-refractivity contribution < 1.29 is 29.6 Å². The molecule has 1 rings (SSSR count). The normalized spacial score (nSPS) is 39.4. The van der Waals surface area contributed by atoms with E-state index in [4.69, 9.17) is 14.6 Å². The number of methoxy groups -OCH3 is 1. The van der Waals surface area contributed by atoms with Crippen LogP contribution in [0.2, 0.25) is 0 Å². The predicted octanol–water partition coefficient (Wildman–Crippen LogP) is -2.42. The summed E-state index contributed by atoms with van der Waals surface area (Å²) in [6.07, 6.45) is -4.35. The summed E-state index contributed by atoms with van der Waals surface area (Å²) in [5, 5.41) is 30.7. The molecule has 1 aliphatic rings. The Kier molecular flexibility index (Phi) is 4.63. The molecule has 1 amide bonds. The van der Waals surface area contributed by atoms with Gasteiger partial charge in [0.25, 0.3) is 0 Å². The first-order valence-corrected chi connectivity index (χ1v) is 4.93. The summed E-state index contributed by atoms with van der Waals surface area (Å²) in [5.41, 5.74) is 0. The first-order valence-electron chi connectivity index (χ1n) is 4.93. The van der Waals surface area contributed by atoms with Crippen molar-refractivity contribution in [1.29, 1.82) is 0 Å². The summed E-state index contributed by atoms with van der Waals surface area (Å²) in [7, 11) is 1.35. The maximum absolute atomic E-state index is 10.9. The second kappa shape index (κ2) is 5.55. The lowest BCUT2D eigenvalue weighted by molar-refractivity contribution is -0.262. The summed E-state index contributed by atoms with van der Waals surface area (Å²) >= 11 is 0. The molecule has 16 heavy (non-hydrogen) atoms. The molecule has 0 saturated carbocycles. The third-order valence-electron chi connectivity index (χ3n) is 2.48. The molecule has 1 aliphatic heterocycles. The number of ether oxygens (including phenoxy) is 2. The Bertz CT molecular complexity index is 246. The zero-order valence-corrected chi connectivity index (χ0v) is 9.16. The van der Waals surface area contributed by atoms with Gasteiger partial charge in [-0.1, -0.05) is 0 Å². The second-order valence-electron chi connectivity index (χ2n) is 3.67. The fourth-order valence-corrected chi connectivity index (χ4v) is 1.67. The van der Waals surface area contributed by atoms with Gasteiger partial charge in [0.05, 0.1) is 6.61 Å². The van der Waals surface area contributed by atoms with Crippen molar-refractivity contribution in [2.75, 3.05) is 13.7 Å². The van der Waals surface area contributed by atoms with E-state index < -0.39 is 37.3 Å². The SMILES string of the molecule is CO[C@@H]1OC(CO)[C@@H](O)[C@@H](O)C1NC(C)=O. The lowest BCUT2D eigenvalue weighted by Gasteiger charge is -2.41. The third-order valence-corrected chi connectivity index (χ3v) is 2.48. The summed E-state index contributed by atoms with van der Waals surface area (Å²) < 4.78 is 10.1. The van der Waals surface area contributed by atoms with E-state index in [-0.39, 0.29) is 5.91 Å². The Morgan fingerprint density at radius 3 is 2.50 bits per heavy atom. The molecule has 0 radical (unpaired) electrons. The molecule has 1 fully saturated rings. The monoisotopic (exact) mass is 235 g/mol. The average Bonchev–Trinajstić information content (AvgIpc) is 2.25. The Balaban J connectivity index is 2.77. The number of nitrogens with one attached hydrogen (secondary N) is 1. The molecular weight excluding hydrogens is 218 g/mol. The summed E-state index contributed by atoms with van der Waals surface area (Å²) in [4.78, 5) is 10.9. The minimum atomic E-state index is -1.27. The molecule has 2 unspecified atom stereocenters.